The standard InChI is InChI=1S/C21H26O8/c1-11(2)19(24)28-16-8-21(10-22)17(29-21)6-5-14(9-26-13(4)23)7-15-18(16)12(3)20(25)27-15/h7,15-18,22H,1,3,5-6,8-10H2,2,4H3/t15?,16-,17+,18-,21?/m0/s1. The first-order valence-electron chi connectivity index (χ1n) is 9.54. The molecule has 1 aliphatic carbocycles. The highest BCUT2D eigenvalue weighted by Gasteiger charge is 2.59. The summed E-state index contributed by atoms with van der Waals surface area (Å²) in [6, 6.07) is 0. The Kier molecular flexibility index (Phi) is 5.95. The maximum Gasteiger partial charge on any atom is 0.334 e. The molecule has 2 unspecified atom stereocenters. The quantitative estimate of drug-likeness (QED) is 0.240. The van der Waals surface area contributed by atoms with Gasteiger partial charge in [-0.15, -0.1) is 0 Å². The van der Waals surface area contributed by atoms with E-state index in [-0.39, 0.29) is 36.9 Å². The second-order valence-corrected chi connectivity index (χ2v) is 7.82. The van der Waals surface area contributed by atoms with Crippen LogP contribution in [0.15, 0.2) is 36.0 Å². The summed E-state index contributed by atoms with van der Waals surface area (Å²) in [5.74, 6) is -2.25. The van der Waals surface area contributed by atoms with E-state index in [0.29, 0.717) is 12.8 Å². The van der Waals surface area contributed by atoms with E-state index in [1.54, 1.807) is 6.08 Å². The van der Waals surface area contributed by atoms with E-state index >= 15 is 0 Å². The minimum atomic E-state index is -0.861. The van der Waals surface area contributed by atoms with Gasteiger partial charge in [-0.2, -0.15) is 0 Å². The van der Waals surface area contributed by atoms with Crippen molar-refractivity contribution in [2.24, 2.45) is 5.92 Å². The fraction of sp³-hybridized carbons (Fsp3) is 0.571. The largest absolute Gasteiger partial charge is 0.461 e. The van der Waals surface area contributed by atoms with E-state index in [0.717, 1.165) is 5.57 Å². The molecule has 0 aromatic carbocycles. The van der Waals surface area contributed by atoms with Crippen LogP contribution in [0.4, 0.5) is 0 Å². The minimum Gasteiger partial charge on any atom is -0.461 e. The third-order valence-corrected chi connectivity index (χ3v) is 5.58. The monoisotopic (exact) mass is 406 g/mol. The first-order valence-corrected chi connectivity index (χ1v) is 9.54. The van der Waals surface area contributed by atoms with Crippen molar-refractivity contribution in [2.45, 2.75) is 57.0 Å². The SMILES string of the molecule is C=C(C)C(=O)O[C@H]1CC2(CO)O[C@@H]2CCC(COC(C)=O)=CC2OC(=O)C(=C)[C@@H]21. The number of carbonyl (C=O) groups excluding carboxylic acids is 3. The molecule has 0 aromatic heterocycles. The molecule has 1 N–H and O–H groups in total. The zero-order chi connectivity index (χ0) is 21.3. The minimum absolute atomic E-state index is 0.0532. The normalized spacial score (nSPS) is 33.6. The lowest BCUT2D eigenvalue weighted by molar-refractivity contribution is -0.149. The van der Waals surface area contributed by atoms with Crippen LogP contribution in [0, 0.1) is 5.92 Å². The van der Waals surface area contributed by atoms with Gasteiger partial charge in [-0.3, -0.25) is 4.79 Å². The van der Waals surface area contributed by atoms with E-state index in [4.69, 9.17) is 18.9 Å². The molecule has 0 radical (unpaired) electrons. The van der Waals surface area contributed by atoms with Crippen LogP contribution in [-0.2, 0) is 33.3 Å². The second-order valence-electron chi connectivity index (χ2n) is 7.82. The summed E-state index contributed by atoms with van der Waals surface area (Å²) in [5.41, 5.74) is 0.294. The molecule has 8 heteroatoms. The van der Waals surface area contributed by atoms with Crippen molar-refractivity contribution in [1.29, 1.82) is 0 Å². The van der Waals surface area contributed by atoms with Gasteiger partial charge in [-0.05, 0) is 31.4 Å². The number of esters is 3. The Labute approximate surface area is 169 Å². The van der Waals surface area contributed by atoms with E-state index in [2.05, 4.69) is 13.2 Å². The van der Waals surface area contributed by atoms with E-state index in [9.17, 15) is 19.5 Å². The summed E-state index contributed by atoms with van der Waals surface area (Å²) < 4.78 is 22.0. The number of epoxide rings is 1. The maximum absolute atomic E-state index is 12.2. The van der Waals surface area contributed by atoms with Crippen LogP contribution in [0.1, 0.15) is 33.1 Å². The Morgan fingerprint density at radius 2 is 2.10 bits per heavy atom. The molecule has 0 amide bonds. The van der Waals surface area contributed by atoms with Gasteiger partial charge in [0, 0.05) is 24.5 Å². The van der Waals surface area contributed by atoms with Crippen LogP contribution >= 0.6 is 0 Å². The predicted octanol–water partition coefficient (Wildman–Crippen LogP) is 1.38. The number of aliphatic hydroxyl groups excluding tert-OH is 1. The summed E-state index contributed by atoms with van der Waals surface area (Å²) in [4.78, 5) is 35.7. The van der Waals surface area contributed by atoms with Crippen molar-refractivity contribution in [3.63, 3.8) is 0 Å². The molecule has 0 aromatic rings. The lowest BCUT2D eigenvalue weighted by Crippen LogP contribution is -2.39. The summed E-state index contributed by atoms with van der Waals surface area (Å²) in [5, 5.41) is 9.94. The summed E-state index contributed by atoms with van der Waals surface area (Å²) in [6.45, 7) is 10.1. The topological polar surface area (TPSA) is 112 Å². The smallest absolute Gasteiger partial charge is 0.334 e. The Bertz CT molecular complexity index is 782. The number of rotatable bonds is 5. The maximum atomic E-state index is 12.2. The molecule has 158 valence electrons. The Morgan fingerprint density at radius 3 is 2.72 bits per heavy atom. The highest BCUT2D eigenvalue weighted by Crippen LogP contribution is 2.48. The highest BCUT2D eigenvalue weighted by molar-refractivity contribution is 5.91. The summed E-state index contributed by atoms with van der Waals surface area (Å²) in [7, 11) is 0. The molecule has 2 fully saturated rings. The molecule has 3 aliphatic rings. The van der Waals surface area contributed by atoms with Crippen molar-refractivity contribution >= 4 is 17.9 Å². The van der Waals surface area contributed by atoms with Crippen LogP contribution in [0.25, 0.3) is 0 Å². The Morgan fingerprint density at radius 1 is 1.38 bits per heavy atom. The molecule has 0 bridgehead atoms. The fourth-order valence-electron chi connectivity index (χ4n) is 3.90. The van der Waals surface area contributed by atoms with Gasteiger partial charge in [0.2, 0.25) is 0 Å². The van der Waals surface area contributed by atoms with Gasteiger partial charge in [0.1, 0.15) is 24.4 Å². The number of carbonyl (C=O) groups is 3. The van der Waals surface area contributed by atoms with Crippen LogP contribution < -0.4 is 0 Å². The highest BCUT2D eigenvalue weighted by atomic mass is 16.6. The number of hydrogen-bond acceptors (Lipinski definition) is 8. The first-order chi connectivity index (χ1) is 13.7. The van der Waals surface area contributed by atoms with E-state index in [1.165, 1.54) is 13.8 Å². The van der Waals surface area contributed by atoms with Gasteiger partial charge < -0.3 is 24.1 Å². The van der Waals surface area contributed by atoms with Gasteiger partial charge in [0.15, 0.2) is 0 Å². The predicted molar refractivity (Wildman–Crippen MR) is 100 cm³/mol. The van der Waals surface area contributed by atoms with Crippen molar-refractivity contribution in [3.05, 3.63) is 36.0 Å². The fourth-order valence-corrected chi connectivity index (χ4v) is 3.90. The molecule has 2 aliphatic heterocycles. The van der Waals surface area contributed by atoms with Gasteiger partial charge in [-0.1, -0.05) is 13.2 Å². The zero-order valence-corrected chi connectivity index (χ0v) is 16.6. The molecular formula is C21H26O8. The van der Waals surface area contributed by atoms with Crippen molar-refractivity contribution in [1.82, 2.24) is 0 Å². The molecule has 8 nitrogen and oxygen atoms in total. The Hall–Kier alpha value is -2.45. The molecule has 0 spiro atoms. The van der Waals surface area contributed by atoms with Gasteiger partial charge in [-0.25, -0.2) is 9.59 Å². The van der Waals surface area contributed by atoms with Crippen molar-refractivity contribution in [3.8, 4) is 0 Å². The zero-order valence-electron chi connectivity index (χ0n) is 16.6. The lowest BCUT2D eigenvalue weighted by Gasteiger charge is -2.29. The molecule has 5 atom stereocenters. The average Bonchev–Trinajstić information content (AvgIpc) is 3.28. The van der Waals surface area contributed by atoms with Crippen molar-refractivity contribution < 1.29 is 38.4 Å². The van der Waals surface area contributed by atoms with Crippen LogP contribution in [-0.4, -0.2) is 60.1 Å². The number of ether oxygens (including phenoxy) is 4. The van der Waals surface area contributed by atoms with Gasteiger partial charge in [0.25, 0.3) is 0 Å². The lowest BCUT2D eigenvalue weighted by atomic mass is 9.82. The summed E-state index contributed by atoms with van der Waals surface area (Å²) >= 11 is 0. The van der Waals surface area contributed by atoms with E-state index in [1.807, 2.05) is 0 Å². The van der Waals surface area contributed by atoms with E-state index < -0.39 is 41.6 Å². The number of aliphatic hydroxyl groups is 1. The third kappa shape index (κ3) is 4.43. The second kappa shape index (κ2) is 8.12. The van der Waals surface area contributed by atoms with Crippen LogP contribution in [0.5, 0.6) is 0 Å². The molecule has 29 heavy (non-hydrogen) atoms. The molecule has 3 rings (SSSR count). The molecule has 2 heterocycles. The third-order valence-electron chi connectivity index (χ3n) is 5.58. The van der Waals surface area contributed by atoms with Gasteiger partial charge >= 0.3 is 17.9 Å². The Balaban J connectivity index is 1.96. The summed E-state index contributed by atoms with van der Waals surface area (Å²) in [6.07, 6.45) is 1.31. The molecular weight excluding hydrogens is 380 g/mol. The number of hydrogen-bond donors (Lipinski definition) is 1. The first kappa shape index (κ1) is 21.3. The van der Waals surface area contributed by atoms with Crippen molar-refractivity contribution in [2.75, 3.05) is 13.2 Å². The average molecular weight is 406 g/mol. The number of fused-ring (bicyclic) bond motifs is 2. The molecule has 0 saturated carbocycles. The molecule has 2 saturated heterocycles. The van der Waals surface area contributed by atoms with Gasteiger partial charge in [0.05, 0.1) is 18.6 Å². The van der Waals surface area contributed by atoms with Crippen LogP contribution in [0.2, 0.25) is 0 Å². The van der Waals surface area contributed by atoms with Crippen LogP contribution in [0.3, 0.4) is 0 Å².